The van der Waals surface area contributed by atoms with Crippen molar-refractivity contribution in [3.05, 3.63) is 54.2 Å². The monoisotopic (exact) mass is 307 g/mol. The summed E-state index contributed by atoms with van der Waals surface area (Å²) in [6.07, 6.45) is 0.987. The van der Waals surface area contributed by atoms with Gasteiger partial charge in [-0.3, -0.25) is 4.79 Å². The normalized spacial score (nSPS) is 13.4. The lowest BCUT2D eigenvalue weighted by atomic mass is 10.1. The molecular formula is C16H18FNO4. The predicted molar refractivity (Wildman–Crippen MR) is 77.8 cm³/mol. The highest BCUT2D eigenvalue weighted by Crippen LogP contribution is 2.18. The molecule has 0 saturated heterocycles. The van der Waals surface area contributed by atoms with Gasteiger partial charge in [0.05, 0.1) is 6.26 Å². The number of nitrogens with one attached hydrogen (secondary N) is 1. The lowest BCUT2D eigenvalue weighted by molar-refractivity contribution is -0.123. The summed E-state index contributed by atoms with van der Waals surface area (Å²) in [4.78, 5) is 11.7. The number of benzene rings is 1. The first-order valence-corrected chi connectivity index (χ1v) is 6.94. The number of halogens is 1. The van der Waals surface area contributed by atoms with Gasteiger partial charge >= 0.3 is 0 Å². The van der Waals surface area contributed by atoms with E-state index >= 15 is 0 Å². The Morgan fingerprint density at radius 2 is 2.14 bits per heavy atom. The summed E-state index contributed by atoms with van der Waals surface area (Å²) in [5.74, 6) is -0.427. The third kappa shape index (κ3) is 4.60. The van der Waals surface area contributed by atoms with Crippen LogP contribution in [0.15, 0.2) is 47.1 Å². The van der Waals surface area contributed by atoms with E-state index in [1.165, 1.54) is 18.4 Å². The van der Waals surface area contributed by atoms with Gasteiger partial charge in [0, 0.05) is 12.5 Å². The van der Waals surface area contributed by atoms with Gasteiger partial charge in [-0.05, 0) is 31.2 Å². The molecule has 0 aliphatic heterocycles. The van der Waals surface area contributed by atoms with Gasteiger partial charge in [-0.1, -0.05) is 12.1 Å². The van der Waals surface area contributed by atoms with E-state index in [2.05, 4.69) is 5.32 Å². The standard InChI is InChI=1S/C16H18FNO4/c1-11(9-13(19)15-7-4-8-21-15)18-16(20)10-22-14-6-3-2-5-12(14)17/h2-8,11,13,19H,9-10H2,1H3,(H,18,20). The highest BCUT2D eigenvalue weighted by molar-refractivity contribution is 5.77. The number of hydrogen-bond donors (Lipinski definition) is 2. The highest BCUT2D eigenvalue weighted by atomic mass is 19.1. The molecule has 0 fully saturated rings. The minimum Gasteiger partial charge on any atom is -0.481 e. The van der Waals surface area contributed by atoms with Crippen LogP contribution < -0.4 is 10.1 Å². The van der Waals surface area contributed by atoms with Crippen molar-refractivity contribution in [1.82, 2.24) is 5.32 Å². The van der Waals surface area contributed by atoms with Crippen LogP contribution in [0.4, 0.5) is 4.39 Å². The van der Waals surface area contributed by atoms with E-state index in [1.807, 2.05) is 0 Å². The second-order valence-corrected chi connectivity index (χ2v) is 4.95. The number of rotatable bonds is 7. The molecule has 0 spiro atoms. The minimum atomic E-state index is -0.794. The predicted octanol–water partition coefficient (Wildman–Crippen LogP) is 2.43. The van der Waals surface area contributed by atoms with Crippen molar-refractivity contribution < 1.29 is 23.4 Å². The molecule has 2 unspecified atom stereocenters. The van der Waals surface area contributed by atoms with Crippen LogP contribution >= 0.6 is 0 Å². The van der Waals surface area contributed by atoms with Crippen molar-refractivity contribution in [2.75, 3.05) is 6.61 Å². The van der Waals surface area contributed by atoms with E-state index in [9.17, 15) is 14.3 Å². The molecule has 0 saturated carbocycles. The van der Waals surface area contributed by atoms with E-state index in [1.54, 1.807) is 31.2 Å². The van der Waals surface area contributed by atoms with Crippen molar-refractivity contribution in [2.24, 2.45) is 0 Å². The average Bonchev–Trinajstić information content (AvgIpc) is 3.00. The highest BCUT2D eigenvalue weighted by Gasteiger charge is 2.16. The Morgan fingerprint density at radius 3 is 2.82 bits per heavy atom. The number of aliphatic hydroxyl groups excluding tert-OH is 1. The molecule has 2 rings (SSSR count). The molecule has 1 aromatic heterocycles. The van der Waals surface area contributed by atoms with Gasteiger partial charge in [-0.25, -0.2) is 4.39 Å². The molecule has 1 amide bonds. The fraction of sp³-hybridized carbons (Fsp3) is 0.312. The van der Waals surface area contributed by atoms with Gasteiger partial charge in [0.25, 0.3) is 5.91 Å². The Hall–Kier alpha value is -2.34. The Labute approximate surface area is 127 Å². The summed E-state index contributed by atoms with van der Waals surface area (Å²) >= 11 is 0. The lowest BCUT2D eigenvalue weighted by Gasteiger charge is -2.17. The number of para-hydroxylation sites is 1. The van der Waals surface area contributed by atoms with Gasteiger partial charge in [-0.15, -0.1) is 0 Å². The summed E-state index contributed by atoms with van der Waals surface area (Å²) in [5, 5.41) is 12.6. The lowest BCUT2D eigenvalue weighted by Crippen LogP contribution is -2.37. The van der Waals surface area contributed by atoms with Gasteiger partial charge in [-0.2, -0.15) is 0 Å². The molecule has 0 aliphatic carbocycles. The molecule has 22 heavy (non-hydrogen) atoms. The summed E-state index contributed by atoms with van der Waals surface area (Å²) in [6.45, 7) is 1.47. The SMILES string of the molecule is CC(CC(O)c1ccco1)NC(=O)COc1ccccc1F. The zero-order valence-electron chi connectivity index (χ0n) is 12.2. The van der Waals surface area contributed by atoms with Gasteiger partial charge in [0.15, 0.2) is 18.2 Å². The third-order valence-electron chi connectivity index (χ3n) is 3.05. The summed E-state index contributed by atoms with van der Waals surface area (Å²) in [5.41, 5.74) is 0. The second-order valence-electron chi connectivity index (χ2n) is 4.95. The van der Waals surface area contributed by atoms with Crippen LogP contribution in [0.1, 0.15) is 25.2 Å². The van der Waals surface area contributed by atoms with E-state index in [-0.39, 0.29) is 24.3 Å². The van der Waals surface area contributed by atoms with Gasteiger partial charge in [0.2, 0.25) is 0 Å². The van der Waals surface area contributed by atoms with Crippen molar-refractivity contribution >= 4 is 5.91 Å². The molecule has 5 nitrogen and oxygen atoms in total. The summed E-state index contributed by atoms with van der Waals surface area (Å²) in [6, 6.07) is 8.95. The second kappa shape index (κ2) is 7.61. The molecule has 118 valence electrons. The molecule has 2 aromatic rings. The van der Waals surface area contributed by atoms with Crippen LogP contribution in [0, 0.1) is 5.82 Å². The first-order chi connectivity index (χ1) is 10.6. The Bertz CT molecular complexity index is 600. The van der Waals surface area contributed by atoms with E-state index in [0.29, 0.717) is 12.2 Å². The number of furan rings is 1. The number of hydrogen-bond acceptors (Lipinski definition) is 4. The maximum absolute atomic E-state index is 13.3. The topological polar surface area (TPSA) is 71.7 Å². The van der Waals surface area contributed by atoms with Crippen LogP contribution in [0.25, 0.3) is 0 Å². The summed E-state index contributed by atoms with van der Waals surface area (Å²) < 4.78 is 23.5. The van der Waals surface area contributed by atoms with E-state index in [0.717, 1.165) is 0 Å². The number of aliphatic hydroxyl groups is 1. The van der Waals surface area contributed by atoms with Crippen LogP contribution in [0.3, 0.4) is 0 Å². The molecule has 6 heteroatoms. The molecule has 1 aromatic carbocycles. The van der Waals surface area contributed by atoms with Crippen LogP contribution in [-0.2, 0) is 4.79 Å². The number of carbonyl (C=O) groups is 1. The quantitative estimate of drug-likeness (QED) is 0.824. The molecule has 2 atom stereocenters. The molecule has 1 heterocycles. The molecule has 0 bridgehead atoms. The Balaban J connectivity index is 1.76. The molecular weight excluding hydrogens is 289 g/mol. The fourth-order valence-electron chi connectivity index (χ4n) is 2.01. The maximum atomic E-state index is 13.3. The zero-order chi connectivity index (χ0) is 15.9. The minimum absolute atomic E-state index is 0.0286. The number of amides is 1. The number of carbonyl (C=O) groups excluding carboxylic acids is 1. The van der Waals surface area contributed by atoms with Crippen molar-refractivity contribution in [1.29, 1.82) is 0 Å². The molecule has 0 radical (unpaired) electrons. The number of ether oxygens (including phenoxy) is 1. The van der Waals surface area contributed by atoms with Crippen molar-refractivity contribution in [3.63, 3.8) is 0 Å². The average molecular weight is 307 g/mol. The molecule has 2 N–H and O–H groups in total. The molecule has 0 aliphatic rings. The van der Waals surface area contributed by atoms with Crippen LogP contribution in [0.5, 0.6) is 5.75 Å². The maximum Gasteiger partial charge on any atom is 0.258 e. The first-order valence-electron chi connectivity index (χ1n) is 6.94. The van der Waals surface area contributed by atoms with Crippen molar-refractivity contribution in [2.45, 2.75) is 25.5 Å². The fourth-order valence-corrected chi connectivity index (χ4v) is 2.01. The van der Waals surface area contributed by atoms with Crippen LogP contribution in [-0.4, -0.2) is 23.7 Å². The summed E-state index contributed by atoms with van der Waals surface area (Å²) in [7, 11) is 0. The Morgan fingerprint density at radius 1 is 1.36 bits per heavy atom. The smallest absolute Gasteiger partial charge is 0.258 e. The van der Waals surface area contributed by atoms with Gasteiger partial charge in [0.1, 0.15) is 11.9 Å². The largest absolute Gasteiger partial charge is 0.481 e. The first kappa shape index (κ1) is 16.0. The Kier molecular flexibility index (Phi) is 5.55. The van der Waals surface area contributed by atoms with Crippen LogP contribution in [0.2, 0.25) is 0 Å². The van der Waals surface area contributed by atoms with E-state index < -0.39 is 11.9 Å². The third-order valence-corrected chi connectivity index (χ3v) is 3.05. The van der Waals surface area contributed by atoms with Crippen molar-refractivity contribution in [3.8, 4) is 5.75 Å². The van der Waals surface area contributed by atoms with Gasteiger partial charge < -0.3 is 19.6 Å². The van der Waals surface area contributed by atoms with E-state index in [4.69, 9.17) is 9.15 Å². The zero-order valence-corrected chi connectivity index (χ0v) is 12.2.